The van der Waals surface area contributed by atoms with E-state index in [-0.39, 0.29) is 0 Å². The van der Waals surface area contributed by atoms with Crippen LogP contribution in [-0.2, 0) is 9.47 Å². The Bertz CT molecular complexity index is 217. The van der Waals surface area contributed by atoms with Crippen LogP contribution in [-0.4, -0.2) is 75.6 Å². The molecule has 2 fully saturated rings. The van der Waals surface area contributed by atoms with Gasteiger partial charge < -0.3 is 20.1 Å². The molecule has 2 aliphatic heterocycles. The van der Waals surface area contributed by atoms with Crippen LogP contribution in [0.2, 0.25) is 0 Å². The molecule has 112 valence electrons. The van der Waals surface area contributed by atoms with Gasteiger partial charge in [0.25, 0.3) is 0 Å². The minimum absolute atomic E-state index is 0.506. The number of hydrogen-bond donors (Lipinski definition) is 2. The highest BCUT2D eigenvalue weighted by Crippen LogP contribution is 2.05. The highest BCUT2D eigenvalue weighted by molar-refractivity contribution is 4.79. The molecule has 0 aromatic rings. The van der Waals surface area contributed by atoms with Gasteiger partial charge in [-0.25, -0.2) is 0 Å². The summed E-state index contributed by atoms with van der Waals surface area (Å²) in [5, 5.41) is 7.21. The van der Waals surface area contributed by atoms with Crippen LogP contribution in [0, 0.1) is 0 Å². The van der Waals surface area contributed by atoms with Crippen molar-refractivity contribution in [3.05, 3.63) is 0 Å². The van der Waals surface area contributed by atoms with E-state index in [9.17, 15) is 0 Å². The SMILES string of the molecule is CC(CC1COCCN1)NC(C)CN1CCOCC1. The summed E-state index contributed by atoms with van der Waals surface area (Å²) >= 11 is 0. The van der Waals surface area contributed by atoms with Crippen molar-refractivity contribution in [3.63, 3.8) is 0 Å². The largest absolute Gasteiger partial charge is 0.379 e. The van der Waals surface area contributed by atoms with Gasteiger partial charge in [-0.15, -0.1) is 0 Å². The summed E-state index contributed by atoms with van der Waals surface area (Å²) in [6.07, 6.45) is 1.13. The first-order chi connectivity index (χ1) is 9.24. The van der Waals surface area contributed by atoms with Crippen molar-refractivity contribution in [1.82, 2.24) is 15.5 Å². The lowest BCUT2D eigenvalue weighted by Crippen LogP contribution is -2.49. The maximum Gasteiger partial charge on any atom is 0.0620 e. The van der Waals surface area contributed by atoms with Crippen molar-refractivity contribution >= 4 is 0 Å². The lowest BCUT2D eigenvalue weighted by Gasteiger charge is -2.32. The topological polar surface area (TPSA) is 45.8 Å². The predicted molar refractivity (Wildman–Crippen MR) is 76.5 cm³/mol. The number of nitrogens with zero attached hydrogens (tertiary/aromatic N) is 1. The van der Waals surface area contributed by atoms with E-state index < -0.39 is 0 Å². The predicted octanol–water partition coefficient (Wildman–Crippen LogP) is 0.0637. The fourth-order valence-corrected chi connectivity index (χ4v) is 2.98. The third-order valence-corrected chi connectivity index (χ3v) is 3.84. The quantitative estimate of drug-likeness (QED) is 0.715. The van der Waals surface area contributed by atoms with Gasteiger partial charge in [0.1, 0.15) is 0 Å². The zero-order valence-electron chi connectivity index (χ0n) is 12.4. The number of morpholine rings is 2. The standard InChI is InChI=1S/C14H29N3O2/c1-12(9-14-11-19-6-3-15-14)16-13(2)10-17-4-7-18-8-5-17/h12-16H,3-11H2,1-2H3. The van der Waals surface area contributed by atoms with Gasteiger partial charge in [0.05, 0.1) is 26.4 Å². The van der Waals surface area contributed by atoms with E-state index in [1.54, 1.807) is 0 Å². The van der Waals surface area contributed by atoms with Crippen LogP contribution in [0.15, 0.2) is 0 Å². The first-order valence-corrected chi connectivity index (χ1v) is 7.61. The van der Waals surface area contributed by atoms with Crippen LogP contribution >= 0.6 is 0 Å². The van der Waals surface area contributed by atoms with Gasteiger partial charge in [-0.3, -0.25) is 4.90 Å². The molecule has 5 heteroatoms. The highest BCUT2D eigenvalue weighted by Gasteiger charge is 2.19. The average Bonchev–Trinajstić information content (AvgIpc) is 2.40. The number of ether oxygens (including phenoxy) is 2. The Morgan fingerprint density at radius 1 is 1.16 bits per heavy atom. The van der Waals surface area contributed by atoms with Crippen LogP contribution < -0.4 is 10.6 Å². The zero-order chi connectivity index (χ0) is 13.5. The number of hydrogen-bond acceptors (Lipinski definition) is 5. The summed E-state index contributed by atoms with van der Waals surface area (Å²) in [6, 6.07) is 1.56. The van der Waals surface area contributed by atoms with E-state index in [1.807, 2.05) is 0 Å². The molecule has 2 rings (SSSR count). The Morgan fingerprint density at radius 2 is 1.95 bits per heavy atom. The van der Waals surface area contributed by atoms with E-state index in [4.69, 9.17) is 9.47 Å². The Hall–Kier alpha value is -0.200. The van der Waals surface area contributed by atoms with Crippen LogP contribution in [0.4, 0.5) is 0 Å². The first-order valence-electron chi connectivity index (χ1n) is 7.61. The molecule has 2 saturated heterocycles. The van der Waals surface area contributed by atoms with Crippen molar-refractivity contribution < 1.29 is 9.47 Å². The minimum Gasteiger partial charge on any atom is -0.379 e. The van der Waals surface area contributed by atoms with E-state index in [1.165, 1.54) is 0 Å². The molecule has 5 nitrogen and oxygen atoms in total. The lowest BCUT2D eigenvalue weighted by atomic mass is 10.1. The summed E-state index contributed by atoms with van der Waals surface area (Å²) in [7, 11) is 0. The van der Waals surface area contributed by atoms with E-state index in [0.717, 1.165) is 59.0 Å². The first kappa shape index (κ1) is 15.2. The van der Waals surface area contributed by atoms with E-state index in [0.29, 0.717) is 18.1 Å². The smallest absolute Gasteiger partial charge is 0.0620 e. The Balaban J connectivity index is 1.61. The van der Waals surface area contributed by atoms with Gasteiger partial charge in [0.15, 0.2) is 0 Å². The second-order valence-electron chi connectivity index (χ2n) is 5.84. The fraction of sp³-hybridized carbons (Fsp3) is 1.00. The molecule has 0 spiro atoms. The molecular formula is C14H29N3O2. The average molecular weight is 271 g/mol. The summed E-state index contributed by atoms with van der Waals surface area (Å²) in [5.41, 5.74) is 0. The van der Waals surface area contributed by atoms with Crippen LogP contribution in [0.25, 0.3) is 0 Å². The third-order valence-electron chi connectivity index (χ3n) is 3.84. The van der Waals surface area contributed by atoms with Crippen molar-refractivity contribution in [2.45, 2.75) is 38.4 Å². The monoisotopic (exact) mass is 271 g/mol. The van der Waals surface area contributed by atoms with E-state index >= 15 is 0 Å². The second-order valence-corrected chi connectivity index (χ2v) is 5.84. The Kier molecular flexibility index (Phi) is 6.53. The molecule has 0 radical (unpaired) electrons. The molecule has 19 heavy (non-hydrogen) atoms. The Labute approximate surface area is 117 Å². The summed E-state index contributed by atoms with van der Waals surface area (Å²) in [4.78, 5) is 2.48. The highest BCUT2D eigenvalue weighted by atomic mass is 16.5. The van der Waals surface area contributed by atoms with Gasteiger partial charge in [0.2, 0.25) is 0 Å². The van der Waals surface area contributed by atoms with Crippen LogP contribution in [0.1, 0.15) is 20.3 Å². The van der Waals surface area contributed by atoms with Crippen molar-refractivity contribution in [2.75, 3.05) is 52.6 Å². The zero-order valence-corrected chi connectivity index (χ0v) is 12.4. The third kappa shape index (κ3) is 5.75. The summed E-state index contributed by atoms with van der Waals surface area (Å²) < 4.78 is 10.9. The van der Waals surface area contributed by atoms with Gasteiger partial charge in [-0.2, -0.15) is 0 Å². The van der Waals surface area contributed by atoms with E-state index in [2.05, 4.69) is 29.4 Å². The molecule has 2 heterocycles. The van der Waals surface area contributed by atoms with Crippen LogP contribution in [0.3, 0.4) is 0 Å². The molecule has 2 aliphatic rings. The summed E-state index contributed by atoms with van der Waals surface area (Å²) in [6.45, 7) is 12.2. The summed E-state index contributed by atoms with van der Waals surface area (Å²) in [5.74, 6) is 0. The van der Waals surface area contributed by atoms with Gasteiger partial charge >= 0.3 is 0 Å². The van der Waals surface area contributed by atoms with Crippen molar-refractivity contribution in [2.24, 2.45) is 0 Å². The molecule has 0 saturated carbocycles. The number of rotatable bonds is 6. The van der Waals surface area contributed by atoms with Crippen LogP contribution in [0.5, 0.6) is 0 Å². The molecule has 0 aromatic carbocycles. The maximum absolute atomic E-state index is 5.50. The molecule has 3 unspecified atom stereocenters. The lowest BCUT2D eigenvalue weighted by molar-refractivity contribution is 0.0334. The van der Waals surface area contributed by atoms with Crippen molar-refractivity contribution in [1.29, 1.82) is 0 Å². The van der Waals surface area contributed by atoms with Gasteiger partial charge in [-0.05, 0) is 20.3 Å². The second kappa shape index (κ2) is 8.17. The number of nitrogens with one attached hydrogen (secondary N) is 2. The molecule has 3 atom stereocenters. The fourth-order valence-electron chi connectivity index (χ4n) is 2.98. The van der Waals surface area contributed by atoms with Gasteiger partial charge in [-0.1, -0.05) is 0 Å². The molecule has 2 N–H and O–H groups in total. The molecule has 0 aliphatic carbocycles. The molecule has 0 bridgehead atoms. The molecule has 0 amide bonds. The molecule has 0 aromatic heterocycles. The molecular weight excluding hydrogens is 242 g/mol. The van der Waals surface area contributed by atoms with Gasteiger partial charge in [0, 0.05) is 44.3 Å². The maximum atomic E-state index is 5.50. The minimum atomic E-state index is 0.506. The normalized spacial score (nSPS) is 29.1. The van der Waals surface area contributed by atoms with Crippen molar-refractivity contribution in [3.8, 4) is 0 Å². The Morgan fingerprint density at radius 3 is 2.63 bits per heavy atom.